The fourth-order valence-electron chi connectivity index (χ4n) is 2.45. The number of hydrogen-bond donors (Lipinski definition) is 2. The predicted molar refractivity (Wildman–Crippen MR) is 109 cm³/mol. The molecule has 1 amide bonds. The van der Waals surface area contributed by atoms with E-state index in [1.807, 2.05) is 30.3 Å². The Morgan fingerprint density at radius 3 is 2.25 bits per heavy atom. The number of hydrogen-bond acceptors (Lipinski definition) is 3. The normalized spacial score (nSPS) is 10.4. The number of benzene rings is 3. The summed E-state index contributed by atoms with van der Waals surface area (Å²) in [5.41, 5.74) is 1.43. The fraction of sp³-hybridized carbons (Fsp3) is 0.0476. The summed E-state index contributed by atoms with van der Waals surface area (Å²) in [7, 11) is 0. The van der Waals surface area contributed by atoms with E-state index in [1.54, 1.807) is 24.3 Å². The second-order valence-electron chi connectivity index (χ2n) is 5.87. The molecule has 142 valence electrons. The van der Waals surface area contributed by atoms with E-state index in [9.17, 15) is 9.59 Å². The smallest absolute Gasteiger partial charge is 0.337 e. The highest BCUT2D eigenvalue weighted by molar-refractivity contribution is 6.38. The van der Waals surface area contributed by atoms with Crippen LogP contribution in [0.5, 0.6) is 5.75 Å². The van der Waals surface area contributed by atoms with E-state index in [2.05, 4.69) is 5.32 Å². The van der Waals surface area contributed by atoms with Gasteiger partial charge in [0.1, 0.15) is 12.4 Å². The summed E-state index contributed by atoms with van der Waals surface area (Å²) in [6, 6.07) is 18.8. The minimum absolute atomic E-state index is 0.00424. The monoisotopic (exact) mass is 415 g/mol. The van der Waals surface area contributed by atoms with E-state index in [1.165, 1.54) is 12.1 Å². The summed E-state index contributed by atoms with van der Waals surface area (Å²) in [5.74, 6) is -1.02. The van der Waals surface area contributed by atoms with Crippen LogP contribution in [-0.4, -0.2) is 17.0 Å². The topological polar surface area (TPSA) is 75.6 Å². The maximum atomic E-state index is 12.4. The Hall–Kier alpha value is -3.02. The van der Waals surface area contributed by atoms with Gasteiger partial charge in [-0.25, -0.2) is 4.79 Å². The molecule has 3 aromatic carbocycles. The van der Waals surface area contributed by atoms with Gasteiger partial charge in [-0.05, 0) is 42.0 Å². The lowest BCUT2D eigenvalue weighted by molar-refractivity contribution is 0.0696. The number of nitrogens with one attached hydrogen (secondary N) is 1. The van der Waals surface area contributed by atoms with Crippen molar-refractivity contribution in [3.8, 4) is 5.75 Å². The molecule has 28 heavy (non-hydrogen) atoms. The van der Waals surface area contributed by atoms with E-state index < -0.39 is 11.9 Å². The molecule has 5 nitrogen and oxygen atoms in total. The zero-order valence-electron chi connectivity index (χ0n) is 14.5. The number of anilines is 1. The van der Waals surface area contributed by atoms with E-state index in [-0.39, 0.29) is 21.3 Å². The van der Waals surface area contributed by atoms with Gasteiger partial charge in [-0.15, -0.1) is 0 Å². The Labute approximate surface area is 171 Å². The van der Waals surface area contributed by atoms with Crippen LogP contribution in [0.4, 0.5) is 5.69 Å². The summed E-state index contributed by atoms with van der Waals surface area (Å²) in [6.45, 7) is 0.421. The lowest BCUT2D eigenvalue weighted by Gasteiger charge is -2.10. The van der Waals surface area contributed by atoms with Crippen molar-refractivity contribution in [3.05, 3.63) is 93.5 Å². The third kappa shape index (κ3) is 4.82. The molecule has 7 heteroatoms. The maximum Gasteiger partial charge on any atom is 0.337 e. The van der Waals surface area contributed by atoms with Crippen LogP contribution in [0.15, 0.2) is 66.7 Å². The summed E-state index contributed by atoms with van der Waals surface area (Å²) >= 11 is 11.9. The van der Waals surface area contributed by atoms with Gasteiger partial charge in [-0.1, -0.05) is 53.5 Å². The first kappa shape index (κ1) is 19.7. The second-order valence-corrected chi connectivity index (χ2v) is 6.68. The van der Waals surface area contributed by atoms with Gasteiger partial charge in [0.2, 0.25) is 0 Å². The first-order valence-electron chi connectivity index (χ1n) is 8.24. The Morgan fingerprint density at radius 2 is 1.61 bits per heavy atom. The van der Waals surface area contributed by atoms with E-state index in [0.29, 0.717) is 17.9 Å². The molecular weight excluding hydrogens is 401 g/mol. The molecule has 0 saturated carbocycles. The molecule has 0 heterocycles. The van der Waals surface area contributed by atoms with Gasteiger partial charge in [0.15, 0.2) is 0 Å². The van der Waals surface area contributed by atoms with E-state index >= 15 is 0 Å². The van der Waals surface area contributed by atoms with Gasteiger partial charge in [-0.2, -0.15) is 0 Å². The molecule has 0 radical (unpaired) electrons. The fourth-order valence-corrected chi connectivity index (χ4v) is 2.96. The minimum atomic E-state index is -1.21. The minimum Gasteiger partial charge on any atom is -0.489 e. The Balaban J connectivity index is 1.68. The maximum absolute atomic E-state index is 12.4. The van der Waals surface area contributed by atoms with Gasteiger partial charge in [-0.3, -0.25) is 4.79 Å². The van der Waals surface area contributed by atoms with Crippen molar-refractivity contribution in [2.24, 2.45) is 0 Å². The van der Waals surface area contributed by atoms with Gasteiger partial charge in [0.25, 0.3) is 5.91 Å². The number of halogens is 2. The van der Waals surface area contributed by atoms with Crippen molar-refractivity contribution in [2.45, 2.75) is 6.61 Å². The number of carbonyl (C=O) groups is 2. The molecule has 0 atom stereocenters. The van der Waals surface area contributed by atoms with Gasteiger partial charge in [0, 0.05) is 5.56 Å². The molecule has 0 bridgehead atoms. The predicted octanol–water partition coefficient (Wildman–Crippen LogP) is 5.52. The van der Waals surface area contributed by atoms with Crippen LogP contribution >= 0.6 is 23.2 Å². The number of aromatic carboxylic acids is 1. The van der Waals surface area contributed by atoms with Gasteiger partial charge < -0.3 is 15.2 Å². The molecule has 0 aliphatic rings. The second kappa shape index (κ2) is 8.78. The number of ether oxygens (including phenoxy) is 1. The van der Waals surface area contributed by atoms with Crippen molar-refractivity contribution in [1.29, 1.82) is 0 Å². The number of carbonyl (C=O) groups excluding carboxylic acids is 1. The average molecular weight is 416 g/mol. The first-order chi connectivity index (χ1) is 13.4. The lowest BCUT2D eigenvalue weighted by Crippen LogP contribution is -2.13. The van der Waals surface area contributed by atoms with Gasteiger partial charge >= 0.3 is 5.97 Å². The van der Waals surface area contributed by atoms with Crippen LogP contribution in [-0.2, 0) is 6.61 Å². The number of amides is 1. The van der Waals surface area contributed by atoms with Crippen molar-refractivity contribution in [1.82, 2.24) is 0 Å². The summed E-state index contributed by atoms with van der Waals surface area (Å²) < 4.78 is 5.69. The molecule has 0 spiro atoms. The standard InChI is InChI=1S/C21H15Cl2NO4/c22-17-11-18(23)19(10-16(17)21(26)27)24-20(25)14-6-8-15(9-7-14)28-12-13-4-2-1-3-5-13/h1-11H,12H2,(H,24,25)(H,26,27). The van der Waals surface area contributed by atoms with Crippen LogP contribution in [0, 0.1) is 0 Å². The molecule has 3 rings (SSSR count). The highest BCUT2D eigenvalue weighted by Crippen LogP contribution is 2.30. The molecule has 2 N–H and O–H groups in total. The summed E-state index contributed by atoms with van der Waals surface area (Å²) in [6.07, 6.45) is 0. The number of rotatable bonds is 6. The SMILES string of the molecule is O=C(Nc1cc(C(=O)O)c(Cl)cc1Cl)c1ccc(OCc2ccccc2)cc1. The third-order valence-electron chi connectivity index (χ3n) is 3.90. The van der Waals surface area contributed by atoms with Crippen molar-refractivity contribution < 1.29 is 19.4 Å². The summed E-state index contributed by atoms with van der Waals surface area (Å²) in [4.78, 5) is 23.6. The van der Waals surface area contributed by atoms with Crippen LogP contribution in [0.2, 0.25) is 10.0 Å². The number of carboxylic acids is 1. The first-order valence-corrected chi connectivity index (χ1v) is 9.00. The number of carboxylic acid groups (broad SMARTS) is 1. The van der Waals surface area contributed by atoms with E-state index in [4.69, 9.17) is 33.0 Å². The highest BCUT2D eigenvalue weighted by atomic mass is 35.5. The third-order valence-corrected chi connectivity index (χ3v) is 4.53. The van der Waals surface area contributed by atoms with Crippen LogP contribution in [0.25, 0.3) is 0 Å². The molecule has 0 saturated heterocycles. The van der Waals surface area contributed by atoms with Crippen molar-refractivity contribution in [2.75, 3.05) is 5.32 Å². The van der Waals surface area contributed by atoms with E-state index in [0.717, 1.165) is 5.56 Å². The summed E-state index contributed by atoms with van der Waals surface area (Å²) in [5, 5.41) is 11.9. The Kier molecular flexibility index (Phi) is 6.19. The zero-order valence-corrected chi connectivity index (χ0v) is 16.0. The Bertz CT molecular complexity index is 1000. The molecule has 0 aliphatic carbocycles. The van der Waals surface area contributed by atoms with Crippen LogP contribution < -0.4 is 10.1 Å². The average Bonchev–Trinajstić information content (AvgIpc) is 2.69. The van der Waals surface area contributed by atoms with Crippen LogP contribution in [0.3, 0.4) is 0 Å². The highest BCUT2D eigenvalue weighted by Gasteiger charge is 2.15. The molecule has 0 aromatic heterocycles. The zero-order chi connectivity index (χ0) is 20.1. The molecular formula is C21H15Cl2NO4. The Morgan fingerprint density at radius 1 is 0.929 bits per heavy atom. The van der Waals surface area contributed by atoms with Gasteiger partial charge in [0.05, 0.1) is 21.3 Å². The largest absolute Gasteiger partial charge is 0.489 e. The molecule has 0 fully saturated rings. The lowest BCUT2D eigenvalue weighted by atomic mass is 10.1. The molecule has 0 aliphatic heterocycles. The molecule has 0 unspecified atom stereocenters. The van der Waals surface area contributed by atoms with Crippen molar-refractivity contribution in [3.63, 3.8) is 0 Å². The molecule has 3 aromatic rings. The van der Waals surface area contributed by atoms with Crippen LogP contribution in [0.1, 0.15) is 26.3 Å². The van der Waals surface area contributed by atoms with Crippen molar-refractivity contribution >= 4 is 40.8 Å². The quantitative estimate of drug-likeness (QED) is 0.555.